The number of aromatic hydroxyl groups is 1. The summed E-state index contributed by atoms with van der Waals surface area (Å²) in [6.45, 7) is 3.14. The maximum Gasteiger partial charge on any atom is 0.191 e. The van der Waals surface area contributed by atoms with Crippen LogP contribution in [0.25, 0.3) is 0 Å². The van der Waals surface area contributed by atoms with Crippen molar-refractivity contribution in [2.24, 2.45) is 10.7 Å². The van der Waals surface area contributed by atoms with E-state index >= 15 is 0 Å². The number of halogens is 1. The van der Waals surface area contributed by atoms with E-state index in [9.17, 15) is 5.11 Å². The SMILES string of the molecule is I.NC(=NCc1ncccc1O)N1CCOCC1. The standard InChI is InChI=1S/C11H16N4O2.HI/c12-11(15-4-6-17-7-5-15)14-8-9-10(16)2-1-3-13-9;/h1-3,16H,4-8H2,(H2,12,14);1H. The number of hydrogen-bond acceptors (Lipinski definition) is 4. The highest BCUT2D eigenvalue weighted by Gasteiger charge is 2.12. The van der Waals surface area contributed by atoms with Gasteiger partial charge in [-0.05, 0) is 12.1 Å². The second-order valence-electron chi connectivity index (χ2n) is 3.74. The number of pyridine rings is 1. The van der Waals surface area contributed by atoms with Crippen LogP contribution in [0.5, 0.6) is 5.75 Å². The van der Waals surface area contributed by atoms with E-state index in [2.05, 4.69) is 9.98 Å². The molecule has 1 aliphatic rings. The monoisotopic (exact) mass is 364 g/mol. The van der Waals surface area contributed by atoms with Crippen LogP contribution in [0.4, 0.5) is 0 Å². The average Bonchev–Trinajstić information content (AvgIpc) is 2.38. The number of morpholine rings is 1. The smallest absolute Gasteiger partial charge is 0.191 e. The Bertz CT molecular complexity index is 408. The zero-order valence-corrected chi connectivity index (χ0v) is 12.3. The van der Waals surface area contributed by atoms with Crippen LogP contribution >= 0.6 is 24.0 Å². The number of aromatic nitrogens is 1. The van der Waals surface area contributed by atoms with Crippen LogP contribution in [0.1, 0.15) is 5.69 Å². The van der Waals surface area contributed by atoms with E-state index in [1.54, 1.807) is 18.3 Å². The summed E-state index contributed by atoms with van der Waals surface area (Å²) in [5, 5.41) is 9.53. The molecule has 1 aliphatic heterocycles. The number of nitrogens with two attached hydrogens (primary N) is 1. The average molecular weight is 364 g/mol. The molecule has 1 aromatic heterocycles. The van der Waals surface area contributed by atoms with Crippen molar-refractivity contribution in [2.45, 2.75) is 6.54 Å². The molecule has 7 heteroatoms. The fourth-order valence-corrected chi connectivity index (χ4v) is 1.60. The third-order valence-electron chi connectivity index (χ3n) is 2.59. The predicted octanol–water partition coefficient (Wildman–Crippen LogP) is 0.552. The summed E-state index contributed by atoms with van der Waals surface area (Å²) < 4.78 is 5.23. The summed E-state index contributed by atoms with van der Waals surface area (Å²) in [4.78, 5) is 10.2. The third kappa shape index (κ3) is 3.98. The summed E-state index contributed by atoms with van der Waals surface area (Å²) >= 11 is 0. The first-order chi connectivity index (χ1) is 8.27. The third-order valence-corrected chi connectivity index (χ3v) is 2.59. The molecule has 0 unspecified atom stereocenters. The van der Waals surface area contributed by atoms with Crippen LogP contribution < -0.4 is 5.73 Å². The van der Waals surface area contributed by atoms with Gasteiger partial charge in [0.05, 0.1) is 19.8 Å². The molecule has 0 bridgehead atoms. The van der Waals surface area contributed by atoms with Crippen LogP contribution in [0, 0.1) is 0 Å². The molecule has 2 heterocycles. The number of aliphatic imine (C=N–C) groups is 1. The van der Waals surface area contributed by atoms with Crippen molar-refractivity contribution in [3.8, 4) is 5.75 Å². The number of guanidine groups is 1. The minimum atomic E-state index is 0. The lowest BCUT2D eigenvalue weighted by Crippen LogP contribution is -2.44. The highest BCUT2D eigenvalue weighted by atomic mass is 127. The Morgan fingerprint density at radius 3 is 2.89 bits per heavy atom. The molecule has 0 saturated carbocycles. The fraction of sp³-hybridized carbons (Fsp3) is 0.455. The van der Waals surface area contributed by atoms with E-state index in [4.69, 9.17) is 10.5 Å². The van der Waals surface area contributed by atoms with Crippen LogP contribution in [0.3, 0.4) is 0 Å². The first kappa shape index (κ1) is 15.0. The van der Waals surface area contributed by atoms with Gasteiger partial charge in [-0.15, -0.1) is 24.0 Å². The molecular formula is C11H17IN4O2. The van der Waals surface area contributed by atoms with Gasteiger partial charge in [0.25, 0.3) is 0 Å². The number of hydrogen-bond donors (Lipinski definition) is 2. The van der Waals surface area contributed by atoms with Crippen molar-refractivity contribution in [1.82, 2.24) is 9.88 Å². The van der Waals surface area contributed by atoms with Crippen molar-refractivity contribution >= 4 is 29.9 Å². The Morgan fingerprint density at radius 2 is 2.22 bits per heavy atom. The van der Waals surface area contributed by atoms with Gasteiger partial charge in [-0.2, -0.15) is 0 Å². The van der Waals surface area contributed by atoms with Gasteiger partial charge in [-0.1, -0.05) is 0 Å². The molecule has 0 atom stereocenters. The number of nitrogens with zero attached hydrogens (tertiary/aromatic N) is 3. The van der Waals surface area contributed by atoms with Gasteiger partial charge in [0.15, 0.2) is 5.96 Å². The van der Waals surface area contributed by atoms with E-state index in [1.807, 2.05) is 4.90 Å². The molecule has 18 heavy (non-hydrogen) atoms. The van der Waals surface area contributed by atoms with E-state index in [0.717, 1.165) is 13.1 Å². The summed E-state index contributed by atoms with van der Waals surface area (Å²) in [6.07, 6.45) is 1.62. The van der Waals surface area contributed by atoms with Gasteiger partial charge in [0.2, 0.25) is 0 Å². The molecule has 0 radical (unpaired) electrons. The molecule has 1 fully saturated rings. The Kier molecular flexibility index (Phi) is 6.13. The van der Waals surface area contributed by atoms with E-state index in [-0.39, 0.29) is 36.3 Å². The Balaban J connectivity index is 0.00000162. The normalized spacial score (nSPS) is 16.2. The molecule has 1 aromatic rings. The van der Waals surface area contributed by atoms with Crippen molar-refractivity contribution < 1.29 is 9.84 Å². The summed E-state index contributed by atoms with van der Waals surface area (Å²) in [6, 6.07) is 3.26. The maximum atomic E-state index is 9.53. The highest BCUT2D eigenvalue weighted by molar-refractivity contribution is 14.0. The zero-order valence-electron chi connectivity index (χ0n) is 9.95. The quantitative estimate of drug-likeness (QED) is 0.455. The van der Waals surface area contributed by atoms with Gasteiger partial charge in [0.1, 0.15) is 11.4 Å². The topological polar surface area (TPSA) is 84.0 Å². The summed E-state index contributed by atoms with van der Waals surface area (Å²) in [5.41, 5.74) is 6.39. The lowest BCUT2D eigenvalue weighted by Gasteiger charge is -2.27. The molecule has 0 aromatic carbocycles. The summed E-state index contributed by atoms with van der Waals surface area (Å²) in [7, 11) is 0. The molecule has 0 aliphatic carbocycles. The van der Waals surface area contributed by atoms with E-state index in [1.165, 1.54) is 0 Å². The van der Waals surface area contributed by atoms with Crippen LogP contribution in [0.2, 0.25) is 0 Å². The van der Waals surface area contributed by atoms with Crippen molar-refractivity contribution in [3.63, 3.8) is 0 Å². The second-order valence-corrected chi connectivity index (χ2v) is 3.74. The minimum Gasteiger partial charge on any atom is -0.506 e. The Labute approximate surface area is 123 Å². The minimum absolute atomic E-state index is 0. The molecule has 100 valence electrons. The van der Waals surface area contributed by atoms with Crippen LogP contribution in [-0.4, -0.2) is 47.3 Å². The summed E-state index contributed by atoms with van der Waals surface area (Å²) in [5.74, 6) is 0.615. The van der Waals surface area contributed by atoms with E-state index < -0.39 is 0 Å². The molecule has 2 rings (SSSR count). The highest BCUT2D eigenvalue weighted by Crippen LogP contribution is 2.13. The largest absolute Gasteiger partial charge is 0.506 e. The van der Waals surface area contributed by atoms with Gasteiger partial charge < -0.3 is 20.5 Å². The molecular weight excluding hydrogens is 347 g/mol. The Hall–Kier alpha value is -1.09. The molecule has 0 amide bonds. The maximum absolute atomic E-state index is 9.53. The van der Waals surface area contributed by atoms with Crippen LogP contribution in [0.15, 0.2) is 23.3 Å². The first-order valence-corrected chi connectivity index (χ1v) is 5.53. The number of ether oxygens (including phenoxy) is 1. The van der Waals surface area contributed by atoms with E-state index in [0.29, 0.717) is 24.9 Å². The van der Waals surface area contributed by atoms with Crippen LogP contribution in [-0.2, 0) is 11.3 Å². The second kappa shape index (κ2) is 7.37. The van der Waals surface area contributed by atoms with Gasteiger partial charge in [-0.3, -0.25) is 4.98 Å². The lowest BCUT2D eigenvalue weighted by atomic mass is 10.3. The molecule has 6 nitrogen and oxygen atoms in total. The fourth-order valence-electron chi connectivity index (χ4n) is 1.60. The first-order valence-electron chi connectivity index (χ1n) is 5.53. The van der Waals surface area contributed by atoms with Gasteiger partial charge >= 0.3 is 0 Å². The van der Waals surface area contributed by atoms with Crippen molar-refractivity contribution in [3.05, 3.63) is 24.0 Å². The molecule has 0 spiro atoms. The van der Waals surface area contributed by atoms with Gasteiger partial charge in [0, 0.05) is 19.3 Å². The Morgan fingerprint density at radius 1 is 1.50 bits per heavy atom. The molecule has 3 N–H and O–H groups in total. The molecule has 1 saturated heterocycles. The van der Waals surface area contributed by atoms with Crippen molar-refractivity contribution in [1.29, 1.82) is 0 Å². The number of rotatable bonds is 2. The zero-order chi connectivity index (χ0) is 12.1. The lowest BCUT2D eigenvalue weighted by molar-refractivity contribution is 0.0674. The predicted molar refractivity (Wildman–Crippen MR) is 79.0 cm³/mol. The van der Waals surface area contributed by atoms with Gasteiger partial charge in [-0.25, -0.2) is 4.99 Å². The van der Waals surface area contributed by atoms with Crippen molar-refractivity contribution in [2.75, 3.05) is 26.3 Å².